The van der Waals surface area contributed by atoms with Crippen molar-refractivity contribution in [3.05, 3.63) is 48.1 Å². The van der Waals surface area contributed by atoms with E-state index in [9.17, 15) is 4.79 Å². The Hall–Kier alpha value is -2.63. The largest absolute Gasteiger partial charge is 0.493 e. The van der Waals surface area contributed by atoms with E-state index in [2.05, 4.69) is 20.5 Å². The predicted molar refractivity (Wildman–Crippen MR) is 79.7 cm³/mol. The van der Waals surface area contributed by atoms with Crippen molar-refractivity contribution in [3.8, 4) is 5.75 Å². The zero-order valence-corrected chi connectivity index (χ0v) is 11.9. The van der Waals surface area contributed by atoms with Crippen LogP contribution in [0.15, 0.2) is 36.7 Å². The number of hydrogen-bond acceptors (Lipinski definition) is 4. The molecular formula is C15H18N4O2. The fourth-order valence-corrected chi connectivity index (χ4v) is 1.78. The molecule has 0 fully saturated rings. The van der Waals surface area contributed by atoms with Crippen molar-refractivity contribution < 1.29 is 9.53 Å². The normalized spacial score (nSPS) is 10.7. The molecule has 2 rings (SSSR count). The Balaban J connectivity index is 1.84. The fourth-order valence-electron chi connectivity index (χ4n) is 1.78. The summed E-state index contributed by atoms with van der Waals surface area (Å²) >= 11 is 0. The minimum Gasteiger partial charge on any atom is -0.493 e. The molecule has 0 saturated carbocycles. The number of benzene rings is 1. The number of para-hydroxylation sites is 1. The number of nitrogens with zero attached hydrogens (tertiary/aromatic N) is 2. The highest BCUT2D eigenvalue weighted by atomic mass is 16.5. The number of hydrogen-bond donors (Lipinski definition) is 2. The molecule has 1 aromatic heterocycles. The molecule has 110 valence electrons. The summed E-state index contributed by atoms with van der Waals surface area (Å²) in [6.45, 7) is 3.02. The summed E-state index contributed by atoms with van der Waals surface area (Å²) in [7, 11) is 0. The molecule has 0 aliphatic heterocycles. The lowest BCUT2D eigenvalue weighted by Gasteiger charge is -2.06. The number of rotatable bonds is 7. The van der Waals surface area contributed by atoms with E-state index in [1.807, 2.05) is 31.2 Å². The standard InChI is InChI=1S/C15H18N4O2/c1-2-21-13-6-4-3-5-12(13)7-8-15(20)16-10-9-14-17-11-18-19-14/h3-8,11H,2,9-10H2,1H3,(H,16,20)(H,17,18,19). The van der Waals surface area contributed by atoms with Crippen LogP contribution in [0.3, 0.4) is 0 Å². The van der Waals surface area contributed by atoms with E-state index in [-0.39, 0.29) is 5.91 Å². The van der Waals surface area contributed by atoms with Crippen molar-refractivity contribution >= 4 is 12.0 Å². The van der Waals surface area contributed by atoms with Gasteiger partial charge in [0.1, 0.15) is 17.9 Å². The molecule has 0 spiro atoms. The fraction of sp³-hybridized carbons (Fsp3) is 0.267. The lowest BCUT2D eigenvalue weighted by molar-refractivity contribution is -0.116. The van der Waals surface area contributed by atoms with E-state index in [1.165, 1.54) is 12.4 Å². The second-order valence-corrected chi connectivity index (χ2v) is 4.28. The predicted octanol–water partition coefficient (Wildman–Crippen LogP) is 1.58. The molecule has 0 aliphatic rings. The van der Waals surface area contributed by atoms with Crippen molar-refractivity contribution in [1.82, 2.24) is 20.5 Å². The van der Waals surface area contributed by atoms with Crippen LogP contribution in [-0.2, 0) is 11.2 Å². The summed E-state index contributed by atoms with van der Waals surface area (Å²) in [5, 5.41) is 9.28. The average Bonchev–Trinajstić information content (AvgIpc) is 3.00. The molecule has 0 atom stereocenters. The van der Waals surface area contributed by atoms with Gasteiger partial charge in [-0.15, -0.1) is 0 Å². The van der Waals surface area contributed by atoms with Crippen LogP contribution in [0.25, 0.3) is 6.08 Å². The summed E-state index contributed by atoms with van der Waals surface area (Å²) in [4.78, 5) is 15.7. The molecule has 0 saturated heterocycles. The number of H-pyrrole nitrogens is 1. The van der Waals surface area contributed by atoms with Gasteiger partial charge in [0, 0.05) is 24.6 Å². The molecule has 1 amide bonds. The van der Waals surface area contributed by atoms with Gasteiger partial charge in [-0.1, -0.05) is 18.2 Å². The molecule has 6 heteroatoms. The Labute approximate surface area is 123 Å². The molecule has 0 unspecified atom stereocenters. The van der Waals surface area contributed by atoms with Gasteiger partial charge in [0.2, 0.25) is 5.91 Å². The zero-order valence-electron chi connectivity index (χ0n) is 11.9. The highest BCUT2D eigenvalue weighted by Gasteiger charge is 2.01. The first kappa shape index (κ1) is 14.8. The third kappa shape index (κ3) is 4.76. The van der Waals surface area contributed by atoms with Crippen LogP contribution in [0.2, 0.25) is 0 Å². The van der Waals surface area contributed by atoms with Crippen LogP contribution in [-0.4, -0.2) is 34.2 Å². The van der Waals surface area contributed by atoms with E-state index in [0.717, 1.165) is 17.1 Å². The van der Waals surface area contributed by atoms with Crippen molar-refractivity contribution in [3.63, 3.8) is 0 Å². The maximum atomic E-state index is 11.7. The van der Waals surface area contributed by atoms with Crippen molar-refractivity contribution in [1.29, 1.82) is 0 Å². The molecule has 1 aromatic carbocycles. The number of carbonyl (C=O) groups is 1. The van der Waals surface area contributed by atoms with E-state index >= 15 is 0 Å². The van der Waals surface area contributed by atoms with Gasteiger partial charge < -0.3 is 10.1 Å². The van der Waals surface area contributed by atoms with E-state index in [0.29, 0.717) is 19.6 Å². The Morgan fingerprint density at radius 2 is 2.29 bits per heavy atom. The van der Waals surface area contributed by atoms with Gasteiger partial charge in [-0.3, -0.25) is 9.89 Å². The quantitative estimate of drug-likeness (QED) is 0.757. The van der Waals surface area contributed by atoms with Crippen LogP contribution in [0.4, 0.5) is 0 Å². The first-order valence-electron chi connectivity index (χ1n) is 6.81. The molecule has 0 bridgehead atoms. The van der Waals surface area contributed by atoms with Gasteiger partial charge in [0.25, 0.3) is 0 Å². The number of aromatic amines is 1. The molecule has 2 N–H and O–H groups in total. The molecule has 6 nitrogen and oxygen atoms in total. The smallest absolute Gasteiger partial charge is 0.244 e. The molecule has 0 radical (unpaired) electrons. The lowest BCUT2D eigenvalue weighted by Crippen LogP contribution is -2.23. The number of ether oxygens (including phenoxy) is 1. The van der Waals surface area contributed by atoms with Crippen LogP contribution >= 0.6 is 0 Å². The van der Waals surface area contributed by atoms with E-state index in [4.69, 9.17) is 4.74 Å². The monoisotopic (exact) mass is 286 g/mol. The second-order valence-electron chi connectivity index (χ2n) is 4.28. The third-order valence-electron chi connectivity index (χ3n) is 2.76. The van der Waals surface area contributed by atoms with Crippen LogP contribution in [0.5, 0.6) is 5.75 Å². The van der Waals surface area contributed by atoms with Gasteiger partial charge in [-0.05, 0) is 19.1 Å². The Morgan fingerprint density at radius 3 is 3.05 bits per heavy atom. The maximum Gasteiger partial charge on any atom is 0.244 e. The van der Waals surface area contributed by atoms with Crippen molar-refractivity contribution in [2.24, 2.45) is 0 Å². The second kappa shape index (κ2) is 7.84. The first-order valence-corrected chi connectivity index (χ1v) is 6.81. The van der Waals surface area contributed by atoms with Crippen LogP contribution < -0.4 is 10.1 Å². The highest BCUT2D eigenvalue weighted by molar-refractivity contribution is 5.92. The lowest BCUT2D eigenvalue weighted by atomic mass is 10.2. The maximum absolute atomic E-state index is 11.7. The molecule has 0 aliphatic carbocycles. The molecule has 21 heavy (non-hydrogen) atoms. The molecule has 2 aromatic rings. The first-order chi connectivity index (χ1) is 10.3. The van der Waals surface area contributed by atoms with Gasteiger partial charge in [-0.25, -0.2) is 4.98 Å². The summed E-state index contributed by atoms with van der Waals surface area (Å²) in [6.07, 6.45) is 5.31. The summed E-state index contributed by atoms with van der Waals surface area (Å²) in [5.41, 5.74) is 0.879. The van der Waals surface area contributed by atoms with Gasteiger partial charge >= 0.3 is 0 Å². The Morgan fingerprint density at radius 1 is 1.43 bits per heavy atom. The van der Waals surface area contributed by atoms with Crippen LogP contribution in [0.1, 0.15) is 18.3 Å². The Bertz CT molecular complexity index is 593. The van der Waals surface area contributed by atoms with Crippen LogP contribution in [0, 0.1) is 0 Å². The summed E-state index contributed by atoms with van der Waals surface area (Å²) < 4.78 is 5.50. The highest BCUT2D eigenvalue weighted by Crippen LogP contribution is 2.19. The SMILES string of the molecule is CCOc1ccccc1C=CC(=O)NCCc1ncn[nH]1. The van der Waals surface area contributed by atoms with Gasteiger partial charge in [-0.2, -0.15) is 5.10 Å². The molecular weight excluding hydrogens is 268 g/mol. The van der Waals surface area contributed by atoms with Crippen molar-refractivity contribution in [2.45, 2.75) is 13.3 Å². The minimum absolute atomic E-state index is 0.152. The number of aromatic nitrogens is 3. The van der Waals surface area contributed by atoms with Gasteiger partial charge in [0.15, 0.2) is 0 Å². The summed E-state index contributed by atoms with van der Waals surface area (Å²) in [6, 6.07) is 7.60. The summed E-state index contributed by atoms with van der Waals surface area (Å²) in [5.74, 6) is 1.37. The van der Waals surface area contributed by atoms with E-state index in [1.54, 1.807) is 6.08 Å². The van der Waals surface area contributed by atoms with E-state index < -0.39 is 0 Å². The number of nitrogens with one attached hydrogen (secondary N) is 2. The molecule has 1 heterocycles. The van der Waals surface area contributed by atoms with Gasteiger partial charge in [0.05, 0.1) is 6.61 Å². The number of amides is 1. The zero-order chi connectivity index (χ0) is 14.9. The Kier molecular flexibility index (Phi) is 5.51. The topological polar surface area (TPSA) is 79.9 Å². The number of carbonyl (C=O) groups excluding carboxylic acids is 1. The minimum atomic E-state index is -0.152. The average molecular weight is 286 g/mol. The van der Waals surface area contributed by atoms with Crippen molar-refractivity contribution in [2.75, 3.05) is 13.2 Å². The third-order valence-corrected chi connectivity index (χ3v) is 2.76.